The lowest BCUT2D eigenvalue weighted by atomic mass is 10.4. The fraction of sp³-hybridized carbons (Fsp3) is 0.429. The van der Waals surface area contributed by atoms with E-state index in [1.54, 1.807) is 13.1 Å². The van der Waals surface area contributed by atoms with Gasteiger partial charge < -0.3 is 5.32 Å². The standard InChI is InChI=1S/C7H11N3O/c1-3-8-7-9-4-5(2)6(11)10-7/h4H,3H2,1-2H3,(H2,8,9,10,11). The molecule has 11 heavy (non-hydrogen) atoms. The summed E-state index contributed by atoms with van der Waals surface area (Å²) in [5.41, 5.74) is 0.544. The molecule has 0 amide bonds. The maximum absolute atomic E-state index is 11.0. The van der Waals surface area contributed by atoms with Gasteiger partial charge in [0.25, 0.3) is 5.56 Å². The number of hydrogen-bond donors (Lipinski definition) is 2. The predicted octanol–water partition coefficient (Wildman–Crippen LogP) is 0.510. The van der Waals surface area contributed by atoms with Gasteiger partial charge in [0.2, 0.25) is 5.95 Å². The molecule has 0 saturated carbocycles. The van der Waals surface area contributed by atoms with Crippen molar-refractivity contribution in [3.05, 3.63) is 22.1 Å². The lowest BCUT2D eigenvalue weighted by Crippen LogP contribution is -2.14. The number of aromatic amines is 1. The molecule has 1 aromatic heterocycles. The Hall–Kier alpha value is -1.32. The van der Waals surface area contributed by atoms with Crippen molar-refractivity contribution < 1.29 is 0 Å². The van der Waals surface area contributed by atoms with E-state index >= 15 is 0 Å². The fourth-order valence-electron chi connectivity index (χ4n) is 0.716. The van der Waals surface area contributed by atoms with E-state index in [0.717, 1.165) is 6.54 Å². The van der Waals surface area contributed by atoms with Crippen LogP contribution < -0.4 is 10.9 Å². The van der Waals surface area contributed by atoms with Crippen molar-refractivity contribution in [2.75, 3.05) is 11.9 Å². The summed E-state index contributed by atoms with van der Waals surface area (Å²) in [4.78, 5) is 17.5. The van der Waals surface area contributed by atoms with Crippen LogP contribution in [0.3, 0.4) is 0 Å². The van der Waals surface area contributed by atoms with E-state index in [4.69, 9.17) is 0 Å². The first-order chi connectivity index (χ1) is 5.24. The Balaban J connectivity index is 2.96. The third kappa shape index (κ3) is 1.80. The van der Waals surface area contributed by atoms with E-state index in [1.807, 2.05) is 6.92 Å². The van der Waals surface area contributed by atoms with Gasteiger partial charge in [-0.3, -0.25) is 9.78 Å². The number of nitrogens with one attached hydrogen (secondary N) is 2. The molecule has 4 nitrogen and oxygen atoms in total. The topological polar surface area (TPSA) is 57.8 Å². The lowest BCUT2D eigenvalue weighted by Gasteiger charge is -1.99. The Morgan fingerprint density at radius 3 is 3.00 bits per heavy atom. The van der Waals surface area contributed by atoms with Crippen LogP contribution in [0.1, 0.15) is 12.5 Å². The average molecular weight is 153 g/mol. The van der Waals surface area contributed by atoms with Crippen molar-refractivity contribution >= 4 is 5.95 Å². The minimum atomic E-state index is -0.0871. The van der Waals surface area contributed by atoms with Crippen LogP contribution in [-0.4, -0.2) is 16.5 Å². The van der Waals surface area contributed by atoms with Gasteiger partial charge in [-0.05, 0) is 13.8 Å². The molecule has 0 atom stereocenters. The summed E-state index contributed by atoms with van der Waals surface area (Å²) in [6, 6.07) is 0. The van der Waals surface area contributed by atoms with E-state index in [1.165, 1.54) is 0 Å². The second kappa shape index (κ2) is 3.18. The molecular formula is C7H11N3O. The van der Waals surface area contributed by atoms with Crippen LogP contribution in [-0.2, 0) is 0 Å². The fourth-order valence-corrected chi connectivity index (χ4v) is 0.716. The average Bonchev–Trinajstić information content (AvgIpc) is 1.98. The summed E-state index contributed by atoms with van der Waals surface area (Å²) in [5, 5.41) is 2.91. The maximum atomic E-state index is 11.0. The van der Waals surface area contributed by atoms with Crippen LogP contribution in [0, 0.1) is 6.92 Å². The Morgan fingerprint density at radius 1 is 1.73 bits per heavy atom. The molecule has 1 rings (SSSR count). The van der Waals surface area contributed by atoms with Crippen molar-refractivity contribution in [3.8, 4) is 0 Å². The van der Waals surface area contributed by atoms with Crippen LogP contribution in [0.5, 0.6) is 0 Å². The zero-order valence-corrected chi connectivity index (χ0v) is 6.64. The molecule has 0 radical (unpaired) electrons. The maximum Gasteiger partial charge on any atom is 0.255 e. The number of rotatable bonds is 2. The van der Waals surface area contributed by atoms with Crippen LogP contribution in [0.15, 0.2) is 11.0 Å². The number of H-pyrrole nitrogens is 1. The molecule has 0 bridgehead atoms. The van der Waals surface area contributed by atoms with Crippen LogP contribution >= 0.6 is 0 Å². The van der Waals surface area contributed by atoms with Crippen molar-refractivity contribution in [1.82, 2.24) is 9.97 Å². The Labute approximate surface area is 64.7 Å². The SMILES string of the molecule is CCNc1ncc(C)c(=O)[nH]1. The molecule has 0 unspecified atom stereocenters. The van der Waals surface area contributed by atoms with Gasteiger partial charge in [0.1, 0.15) is 0 Å². The first kappa shape index (κ1) is 7.78. The Kier molecular flexibility index (Phi) is 2.25. The molecule has 1 heterocycles. The number of nitrogens with zero attached hydrogens (tertiary/aromatic N) is 1. The van der Waals surface area contributed by atoms with Crippen LogP contribution in [0.4, 0.5) is 5.95 Å². The Bertz CT molecular complexity index is 292. The zero-order chi connectivity index (χ0) is 8.27. The third-order valence-corrected chi connectivity index (χ3v) is 1.32. The molecule has 0 aliphatic heterocycles. The van der Waals surface area contributed by atoms with Crippen LogP contribution in [0.25, 0.3) is 0 Å². The van der Waals surface area contributed by atoms with Gasteiger partial charge in [0.05, 0.1) is 0 Å². The summed E-state index contributed by atoms with van der Waals surface area (Å²) in [6.07, 6.45) is 1.55. The highest BCUT2D eigenvalue weighted by Crippen LogP contribution is 1.91. The summed E-state index contributed by atoms with van der Waals surface area (Å²) in [7, 11) is 0. The van der Waals surface area contributed by atoms with Gasteiger partial charge in [0, 0.05) is 18.3 Å². The van der Waals surface area contributed by atoms with Crippen molar-refractivity contribution in [3.63, 3.8) is 0 Å². The molecule has 2 N–H and O–H groups in total. The largest absolute Gasteiger partial charge is 0.356 e. The van der Waals surface area contributed by atoms with E-state index in [2.05, 4.69) is 15.3 Å². The van der Waals surface area contributed by atoms with Gasteiger partial charge in [-0.15, -0.1) is 0 Å². The highest BCUT2D eigenvalue weighted by atomic mass is 16.1. The molecule has 0 spiro atoms. The monoisotopic (exact) mass is 153 g/mol. The van der Waals surface area contributed by atoms with Crippen LogP contribution in [0.2, 0.25) is 0 Å². The minimum absolute atomic E-state index is 0.0871. The molecule has 60 valence electrons. The molecule has 4 heteroatoms. The molecule has 1 aromatic rings. The van der Waals surface area contributed by atoms with Gasteiger partial charge in [0.15, 0.2) is 0 Å². The minimum Gasteiger partial charge on any atom is -0.356 e. The van der Waals surface area contributed by atoms with Crippen molar-refractivity contribution in [2.45, 2.75) is 13.8 Å². The van der Waals surface area contributed by atoms with E-state index in [0.29, 0.717) is 11.5 Å². The summed E-state index contributed by atoms with van der Waals surface area (Å²) >= 11 is 0. The first-order valence-corrected chi connectivity index (χ1v) is 3.54. The van der Waals surface area contributed by atoms with Gasteiger partial charge in [-0.25, -0.2) is 4.98 Å². The third-order valence-electron chi connectivity index (χ3n) is 1.32. The molecule has 0 aromatic carbocycles. The van der Waals surface area contributed by atoms with Crippen molar-refractivity contribution in [1.29, 1.82) is 0 Å². The lowest BCUT2D eigenvalue weighted by molar-refractivity contribution is 1.04. The molecule has 0 fully saturated rings. The van der Waals surface area contributed by atoms with E-state index in [-0.39, 0.29) is 5.56 Å². The highest BCUT2D eigenvalue weighted by molar-refractivity contribution is 5.23. The van der Waals surface area contributed by atoms with Gasteiger partial charge >= 0.3 is 0 Å². The number of aromatic nitrogens is 2. The summed E-state index contributed by atoms with van der Waals surface area (Å²) in [5.74, 6) is 0.531. The first-order valence-electron chi connectivity index (χ1n) is 3.54. The second-order valence-corrected chi connectivity index (χ2v) is 2.27. The number of anilines is 1. The summed E-state index contributed by atoms with van der Waals surface area (Å²) in [6.45, 7) is 4.42. The van der Waals surface area contributed by atoms with Gasteiger partial charge in [-0.2, -0.15) is 0 Å². The van der Waals surface area contributed by atoms with E-state index in [9.17, 15) is 4.79 Å². The Morgan fingerprint density at radius 2 is 2.45 bits per heavy atom. The number of hydrogen-bond acceptors (Lipinski definition) is 3. The van der Waals surface area contributed by atoms with Gasteiger partial charge in [-0.1, -0.05) is 0 Å². The molecule has 0 saturated heterocycles. The number of aryl methyl sites for hydroxylation is 1. The zero-order valence-electron chi connectivity index (χ0n) is 6.64. The summed E-state index contributed by atoms with van der Waals surface area (Å²) < 4.78 is 0. The van der Waals surface area contributed by atoms with E-state index < -0.39 is 0 Å². The second-order valence-electron chi connectivity index (χ2n) is 2.27. The smallest absolute Gasteiger partial charge is 0.255 e. The predicted molar refractivity (Wildman–Crippen MR) is 43.8 cm³/mol. The molecular weight excluding hydrogens is 142 g/mol. The highest BCUT2D eigenvalue weighted by Gasteiger charge is 1.94. The quantitative estimate of drug-likeness (QED) is 0.650. The van der Waals surface area contributed by atoms with Crippen molar-refractivity contribution in [2.24, 2.45) is 0 Å². The molecule has 0 aliphatic rings. The normalized spacial score (nSPS) is 9.64. The molecule has 0 aliphatic carbocycles.